The largest absolute Gasteiger partial charge is 0.464 e. The number of aromatic nitrogens is 3. The molecule has 43 heavy (non-hydrogen) atoms. The smallest absolute Gasteiger partial charge is 0.360 e. The fourth-order valence-electron chi connectivity index (χ4n) is 7.76. The zero-order chi connectivity index (χ0) is 29.6. The predicted octanol–water partition coefficient (Wildman–Crippen LogP) is 7.25. The number of esters is 1. The van der Waals surface area contributed by atoms with E-state index in [1.807, 2.05) is 24.4 Å². The number of rotatable bonds is 7. The molecule has 0 radical (unpaired) electrons. The number of pyridine rings is 2. The number of H-pyrrole nitrogens is 1. The number of nitrogens with one attached hydrogen (secondary N) is 1. The molecule has 0 unspecified atom stereocenters. The van der Waals surface area contributed by atoms with E-state index in [0.717, 1.165) is 29.8 Å². The molecule has 1 aliphatic carbocycles. The van der Waals surface area contributed by atoms with Gasteiger partial charge in [0.25, 0.3) is 0 Å². The number of ether oxygens (including phenoxy) is 2. The molecule has 1 aromatic carbocycles. The monoisotopic (exact) mass is 579 g/mol. The Morgan fingerprint density at radius 3 is 2.65 bits per heavy atom. The minimum Gasteiger partial charge on any atom is -0.464 e. The quantitative estimate of drug-likeness (QED) is 0.231. The van der Waals surface area contributed by atoms with Gasteiger partial charge in [-0.25, -0.2) is 14.8 Å². The molecule has 1 saturated carbocycles. The highest BCUT2D eigenvalue weighted by atomic mass is 16.5. The summed E-state index contributed by atoms with van der Waals surface area (Å²) in [7, 11) is 1.36. The summed E-state index contributed by atoms with van der Waals surface area (Å²) in [6, 6.07) is 16.1. The number of carbonyl (C=O) groups excluding carboxylic acids is 1. The Balaban J connectivity index is 1.03. The average Bonchev–Trinajstić information content (AvgIpc) is 3.69. The number of hydrogen-bond donors (Lipinski definition) is 1. The number of benzene rings is 1. The molecule has 2 saturated heterocycles. The fraction of sp³-hybridized carbons (Fsp3) is 0.457. The van der Waals surface area contributed by atoms with Crippen LogP contribution < -0.4 is 9.64 Å². The van der Waals surface area contributed by atoms with Gasteiger partial charge < -0.3 is 19.4 Å². The second-order valence-corrected chi connectivity index (χ2v) is 12.9. The summed E-state index contributed by atoms with van der Waals surface area (Å²) >= 11 is 0. The topological polar surface area (TPSA) is 83.6 Å². The minimum atomic E-state index is -0.522. The van der Waals surface area contributed by atoms with Crippen LogP contribution in [0, 0.1) is 5.41 Å². The van der Waals surface area contributed by atoms with Crippen molar-refractivity contribution >= 4 is 22.7 Å². The van der Waals surface area contributed by atoms with Crippen molar-refractivity contribution in [2.24, 2.45) is 5.41 Å². The van der Waals surface area contributed by atoms with E-state index < -0.39 is 5.97 Å². The molecule has 3 aromatic heterocycles. The molecule has 0 bridgehead atoms. The summed E-state index contributed by atoms with van der Waals surface area (Å²) in [5.41, 5.74) is 5.41. The molecule has 4 aromatic rings. The Morgan fingerprint density at radius 2 is 1.86 bits per heavy atom. The number of nitrogens with zero attached hydrogens (tertiary/aromatic N) is 4. The number of fused-ring (bicyclic) bond motifs is 1. The van der Waals surface area contributed by atoms with Crippen molar-refractivity contribution in [1.29, 1.82) is 0 Å². The molecule has 0 amide bonds. The summed E-state index contributed by atoms with van der Waals surface area (Å²) in [6.07, 6.45) is 12.8. The molecular formula is C35H41N5O3. The van der Waals surface area contributed by atoms with Crippen molar-refractivity contribution in [3.63, 3.8) is 0 Å². The first-order valence-electron chi connectivity index (χ1n) is 15.7. The lowest BCUT2D eigenvalue weighted by molar-refractivity contribution is -0.0228. The molecular weight excluding hydrogens is 538 g/mol. The third kappa shape index (κ3) is 5.26. The Morgan fingerprint density at radius 1 is 1.05 bits per heavy atom. The van der Waals surface area contributed by atoms with E-state index in [1.165, 1.54) is 57.7 Å². The average molecular weight is 580 g/mol. The van der Waals surface area contributed by atoms with Crippen molar-refractivity contribution < 1.29 is 14.3 Å². The SMILES string of the molecule is COC(=O)c1ncc(N2CCC3(CC2)CC(N2CCC[C@H]2c2ccccc2C(C)C)C3)cc1Oc1cnc2[nH]ccc2c1. The number of carbonyl (C=O) groups is 1. The zero-order valence-electron chi connectivity index (χ0n) is 25.4. The van der Waals surface area contributed by atoms with E-state index in [1.54, 1.807) is 18.0 Å². The molecule has 2 aliphatic heterocycles. The van der Waals surface area contributed by atoms with Crippen LogP contribution in [0.15, 0.2) is 61.1 Å². The summed E-state index contributed by atoms with van der Waals surface area (Å²) in [5, 5.41) is 0.936. The number of piperidine rings is 1. The van der Waals surface area contributed by atoms with E-state index in [0.29, 0.717) is 34.9 Å². The first-order valence-corrected chi connectivity index (χ1v) is 15.7. The van der Waals surface area contributed by atoms with Gasteiger partial charge in [-0.3, -0.25) is 4.90 Å². The lowest BCUT2D eigenvalue weighted by atomic mass is 9.59. The van der Waals surface area contributed by atoms with Gasteiger partial charge in [0, 0.05) is 42.8 Å². The van der Waals surface area contributed by atoms with Gasteiger partial charge in [-0.15, -0.1) is 0 Å². The number of likely N-dealkylation sites (tertiary alicyclic amines) is 1. The maximum atomic E-state index is 12.5. The Bertz CT molecular complexity index is 1610. The molecule has 1 spiro atoms. The summed E-state index contributed by atoms with van der Waals surface area (Å²) in [4.78, 5) is 29.7. The van der Waals surface area contributed by atoms with Crippen molar-refractivity contribution in [3.8, 4) is 11.5 Å². The molecule has 5 heterocycles. The molecule has 224 valence electrons. The van der Waals surface area contributed by atoms with E-state index in [4.69, 9.17) is 9.47 Å². The lowest BCUT2D eigenvalue weighted by Crippen LogP contribution is -2.55. The number of aromatic amines is 1. The molecule has 3 aliphatic rings. The maximum absolute atomic E-state index is 12.5. The van der Waals surface area contributed by atoms with E-state index in [9.17, 15) is 4.79 Å². The Kier molecular flexibility index (Phi) is 7.33. The summed E-state index contributed by atoms with van der Waals surface area (Å²) in [6.45, 7) is 7.80. The number of methoxy groups -OCH3 is 1. The van der Waals surface area contributed by atoms with Crippen molar-refractivity contribution in [1.82, 2.24) is 19.9 Å². The molecule has 8 heteroatoms. The Labute approximate surface area is 253 Å². The summed E-state index contributed by atoms with van der Waals surface area (Å²) < 4.78 is 11.2. The van der Waals surface area contributed by atoms with Crippen LogP contribution >= 0.6 is 0 Å². The fourth-order valence-corrected chi connectivity index (χ4v) is 7.76. The highest BCUT2D eigenvalue weighted by Gasteiger charge is 2.50. The normalized spacial score (nSPS) is 20.6. The van der Waals surface area contributed by atoms with E-state index in [2.05, 4.69) is 62.9 Å². The minimum absolute atomic E-state index is 0.162. The van der Waals surface area contributed by atoms with Gasteiger partial charge in [-0.05, 0) is 79.7 Å². The zero-order valence-corrected chi connectivity index (χ0v) is 25.4. The van der Waals surface area contributed by atoms with E-state index >= 15 is 0 Å². The highest BCUT2D eigenvalue weighted by Crippen LogP contribution is 2.54. The predicted molar refractivity (Wildman–Crippen MR) is 168 cm³/mol. The van der Waals surface area contributed by atoms with Gasteiger partial charge in [0.15, 0.2) is 11.4 Å². The molecule has 1 N–H and O–H groups in total. The van der Waals surface area contributed by atoms with Crippen molar-refractivity contribution in [2.45, 2.75) is 70.4 Å². The van der Waals surface area contributed by atoms with Gasteiger partial charge in [-0.1, -0.05) is 38.1 Å². The van der Waals surface area contributed by atoms with E-state index in [-0.39, 0.29) is 5.69 Å². The van der Waals surface area contributed by atoms with Gasteiger partial charge >= 0.3 is 5.97 Å². The second kappa shape index (κ2) is 11.3. The van der Waals surface area contributed by atoms with Crippen LogP contribution in [0.25, 0.3) is 11.0 Å². The van der Waals surface area contributed by atoms with Crippen LogP contribution in [0.1, 0.15) is 85.9 Å². The van der Waals surface area contributed by atoms with Crippen LogP contribution in [0.2, 0.25) is 0 Å². The van der Waals surface area contributed by atoms with Gasteiger partial charge in [0.05, 0.1) is 25.2 Å². The van der Waals surface area contributed by atoms with Crippen LogP contribution in [0.3, 0.4) is 0 Å². The maximum Gasteiger partial charge on any atom is 0.360 e. The lowest BCUT2D eigenvalue weighted by Gasteiger charge is -2.56. The van der Waals surface area contributed by atoms with Crippen LogP contribution in [-0.2, 0) is 4.74 Å². The molecule has 1 atom stereocenters. The van der Waals surface area contributed by atoms with Crippen molar-refractivity contribution in [3.05, 3.63) is 77.9 Å². The van der Waals surface area contributed by atoms with Crippen LogP contribution in [0.5, 0.6) is 11.5 Å². The third-order valence-electron chi connectivity index (χ3n) is 10.1. The van der Waals surface area contributed by atoms with Gasteiger partial charge in [-0.2, -0.15) is 0 Å². The van der Waals surface area contributed by atoms with Crippen molar-refractivity contribution in [2.75, 3.05) is 31.6 Å². The Hall–Kier alpha value is -3.91. The van der Waals surface area contributed by atoms with Crippen LogP contribution in [0.4, 0.5) is 5.69 Å². The summed E-state index contributed by atoms with van der Waals surface area (Å²) in [5.74, 6) is 0.959. The first-order chi connectivity index (χ1) is 20.9. The van der Waals surface area contributed by atoms with Gasteiger partial charge in [0.1, 0.15) is 11.4 Å². The standard InChI is InChI=1S/C35H41N5O3/c1-23(2)28-7-4-5-8-29(28)30-9-6-14-40(30)26-19-35(20-26)11-15-39(16-12-35)25-18-31(32(37-21-25)34(41)42-3)43-27-17-24-10-13-36-33(24)38-22-27/h4-5,7-8,10,13,17-18,21-23,26,30H,6,9,11-12,14-16,19-20H2,1-3H3,(H,36,38)/t30-/m0/s1. The molecule has 7 rings (SSSR count). The third-order valence-corrected chi connectivity index (χ3v) is 10.1. The first kappa shape index (κ1) is 27.9. The van der Waals surface area contributed by atoms with Crippen LogP contribution in [-0.4, -0.2) is 58.6 Å². The number of hydrogen-bond acceptors (Lipinski definition) is 7. The molecule has 3 fully saturated rings. The number of anilines is 1. The highest BCUT2D eigenvalue weighted by molar-refractivity contribution is 5.91. The molecule has 8 nitrogen and oxygen atoms in total. The second-order valence-electron chi connectivity index (χ2n) is 12.9. The van der Waals surface area contributed by atoms with Gasteiger partial charge in [0.2, 0.25) is 0 Å².